The Morgan fingerprint density at radius 2 is 1.96 bits per heavy atom. The summed E-state index contributed by atoms with van der Waals surface area (Å²) < 4.78 is 38.4. The minimum absolute atomic E-state index is 0.0919. The molecule has 0 atom stereocenters. The lowest BCUT2D eigenvalue weighted by atomic mass is 10.2. The van der Waals surface area contributed by atoms with E-state index >= 15 is 0 Å². The van der Waals surface area contributed by atoms with Gasteiger partial charge in [0.1, 0.15) is 5.69 Å². The van der Waals surface area contributed by atoms with Crippen molar-refractivity contribution >= 4 is 29.1 Å². The highest BCUT2D eigenvalue weighted by Gasteiger charge is 2.33. The normalized spacial score (nSPS) is 11.1. The minimum Gasteiger partial charge on any atom is -0.331 e. The Kier molecular flexibility index (Phi) is 5.66. The summed E-state index contributed by atoms with van der Waals surface area (Å²) >= 11 is 5.50. The number of aromatic amines is 1. The standard InChI is InChI=1S/C15H12ClF3N4O3/c1-23(14(26)11-4-5-12(24)22-21-11)7-13(25)20-8-2-3-10(16)9(6-8)15(17,18)19/h2-6H,7H2,1H3,(H,20,25)(H,22,24). The number of nitrogens with zero attached hydrogens (tertiary/aromatic N) is 2. The number of nitrogens with one attached hydrogen (secondary N) is 2. The monoisotopic (exact) mass is 388 g/mol. The van der Waals surface area contributed by atoms with E-state index in [0.29, 0.717) is 6.07 Å². The lowest BCUT2D eigenvalue weighted by molar-refractivity contribution is -0.137. The van der Waals surface area contributed by atoms with Gasteiger partial charge in [-0.2, -0.15) is 18.3 Å². The van der Waals surface area contributed by atoms with Crippen LogP contribution in [0.2, 0.25) is 5.02 Å². The van der Waals surface area contributed by atoms with Crippen LogP contribution in [0.4, 0.5) is 18.9 Å². The highest BCUT2D eigenvalue weighted by atomic mass is 35.5. The van der Waals surface area contributed by atoms with E-state index in [1.807, 2.05) is 0 Å². The van der Waals surface area contributed by atoms with E-state index in [-0.39, 0.29) is 11.4 Å². The number of benzene rings is 1. The molecule has 0 aliphatic heterocycles. The highest BCUT2D eigenvalue weighted by molar-refractivity contribution is 6.31. The molecule has 2 aromatic rings. The number of hydrogen-bond donors (Lipinski definition) is 2. The number of aromatic nitrogens is 2. The number of H-pyrrole nitrogens is 1. The lowest BCUT2D eigenvalue weighted by Gasteiger charge is -2.17. The second kappa shape index (κ2) is 7.56. The van der Waals surface area contributed by atoms with Gasteiger partial charge in [0.15, 0.2) is 0 Å². The molecule has 2 rings (SSSR count). The van der Waals surface area contributed by atoms with Crippen molar-refractivity contribution in [3.05, 3.63) is 57.0 Å². The summed E-state index contributed by atoms with van der Waals surface area (Å²) in [6.07, 6.45) is -4.67. The second-order valence-electron chi connectivity index (χ2n) is 5.21. The largest absolute Gasteiger partial charge is 0.417 e. The summed E-state index contributed by atoms with van der Waals surface area (Å²) in [7, 11) is 1.30. The molecule has 7 nitrogen and oxygen atoms in total. The van der Waals surface area contributed by atoms with Gasteiger partial charge in [-0.1, -0.05) is 11.6 Å². The van der Waals surface area contributed by atoms with E-state index < -0.39 is 40.7 Å². The van der Waals surface area contributed by atoms with Crippen LogP contribution in [0.25, 0.3) is 0 Å². The molecule has 1 aromatic heterocycles. The van der Waals surface area contributed by atoms with Crippen LogP contribution >= 0.6 is 11.6 Å². The average Bonchev–Trinajstić information content (AvgIpc) is 2.55. The first kappa shape index (κ1) is 19.4. The van der Waals surface area contributed by atoms with E-state index in [1.165, 1.54) is 19.2 Å². The molecule has 0 spiro atoms. The molecule has 0 aliphatic rings. The van der Waals surface area contributed by atoms with Gasteiger partial charge in [0.05, 0.1) is 17.1 Å². The maximum absolute atomic E-state index is 12.8. The van der Waals surface area contributed by atoms with Gasteiger partial charge in [-0.3, -0.25) is 14.4 Å². The molecule has 1 aromatic carbocycles. The van der Waals surface area contributed by atoms with Gasteiger partial charge < -0.3 is 10.2 Å². The zero-order valence-electron chi connectivity index (χ0n) is 13.2. The van der Waals surface area contributed by atoms with Crippen molar-refractivity contribution in [3.63, 3.8) is 0 Å². The van der Waals surface area contributed by atoms with Gasteiger partial charge in [-0.15, -0.1) is 0 Å². The van der Waals surface area contributed by atoms with Crippen LogP contribution in [0.15, 0.2) is 35.1 Å². The van der Waals surface area contributed by atoms with Crippen molar-refractivity contribution in [3.8, 4) is 0 Å². The number of amides is 2. The van der Waals surface area contributed by atoms with Crippen LogP contribution in [0, 0.1) is 0 Å². The summed E-state index contributed by atoms with van der Waals surface area (Å²) in [5.74, 6) is -1.37. The van der Waals surface area contributed by atoms with Crippen LogP contribution in [0.5, 0.6) is 0 Å². The van der Waals surface area contributed by atoms with Gasteiger partial charge in [0.2, 0.25) is 5.91 Å². The number of halogens is 4. The molecular formula is C15H12ClF3N4O3. The molecule has 2 N–H and O–H groups in total. The third kappa shape index (κ3) is 4.82. The molecular weight excluding hydrogens is 377 g/mol. The number of carbonyl (C=O) groups excluding carboxylic acids is 2. The van der Waals surface area contributed by atoms with Gasteiger partial charge in [0.25, 0.3) is 11.5 Å². The lowest BCUT2D eigenvalue weighted by Crippen LogP contribution is -2.35. The first-order valence-electron chi connectivity index (χ1n) is 7.05. The van der Waals surface area contributed by atoms with Crippen molar-refractivity contribution in [2.24, 2.45) is 0 Å². The van der Waals surface area contributed by atoms with Crippen molar-refractivity contribution in [2.75, 3.05) is 18.9 Å². The first-order valence-corrected chi connectivity index (χ1v) is 7.43. The number of likely N-dealkylation sites (N-methyl/N-ethyl adjacent to an activating group) is 1. The smallest absolute Gasteiger partial charge is 0.331 e. The SMILES string of the molecule is CN(CC(=O)Nc1ccc(Cl)c(C(F)(F)F)c1)C(=O)c1ccc(=O)[nH]n1. The van der Waals surface area contributed by atoms with Crippen LogP contribution < -0.4 is 10.9 Å². The molecule has 0 saturated heterocycles. The fourth-order valence-electron chi connectivity index (χ4n) is 1.97. The second-order valence-corrected chi connectivity index (χ2v) is 5.62. The maximum Gasteiger partial charge on any atom is 0.417 e. The van der Waals surface area contributed by atoms with E-state index in [1.54, 1.807) is 0 Å². The van der Waals surface area contributed by atoms with Crippen molar-refractivity contribution in [1.82, 2.24) is 15.1 Å². The van der Waals surface area contributed by atoms with Gasteiger partial charge in [-0.05, 0) is 24.3 Å². The first-order chi connectivity index (χ1) is 12.1. The van der Waals surface area contributed by atoms with E-state index in [2.05, 4.69) is 15.5 Å². The summed E-state index contributed by atoms with van der Waals surface area (Å²) in [5.41, 5.74) is -1.79. The van der Waals surface area contributed by atoms with E-state index in [0.717, 1.165) is 17.0 Å². The predicted octanol–water partition coefficient (Wildman–Crippen LogP) is 2.15. The Labute approximate surface area is 149 Å². The quantitative estimate of drug-likeness (QED) is 0.839. The Balaban J connectivity index is 2.05. The van der Waals surface area contributed by atoms with Crippen molar-refractivity contribution in [2.45, 2.75) is 6.18 Å². The van der Waals surface area contributed by atoms with E-state index in [9.17, 15) is 27.6 Å². The Bertz CT molecular complexity index is 878. The van der Waals surface area contributed by atoms with Crippen LogP contribution in [-0.4, -0.2) is 40.5 Å². The molecule has 2 amide bonds. The Hall–Kier alpha value is -2.88. The third-order valence-corrected chi connectivity index (χ3v) is 3.51. The number of hydrogen-bond acceptors (Lipinski definition) is 4. The fourth-order valence-corrected chi connectivity index (χ4v) is 2.19. The molecule has 138 valence electrons. The summed E-state index contributed by atoms with van der Waals surface area (Å²) in [6.45, 7) is -0.441. The number of anilines is 1. The Morgan fingerprint density at radius 1 is 1.27 bits per heavy atom. The molecule has 0 saturated carbocycles. The zero-order chi connectivity index (χ0) is 19.5. The number of alkyl halides is 3. The molecule has 0 bridgehead atoms. The summed E-state index contributed by atoms with van der Waals surface area (Å²) in [6, 6.07) is 5.20. The van der Waals surface area contributed by atoms with Crippen LogP contribution in [0.1, 0.15) is 16.1 Å². The summed E-state index contributed by atoms with van der Waals surface area (Å²) in [4.78, 5) is 35.9. The Morgan fingerprint density at radius 3 is 2.54 bits per heavy atom. The topological polar surface area (TPSA) is 95.2 Å². The molecule has 26 heavy (non-hydrogen) atoms. The maximum atomic E-state index is 12.8. The van der Waals surface area contributed by atoms with E-state index in [4.69, 9.17) is 11.6 Å². The highest BCUT2D eigenvalue weighted by Crippen LogP contribution is 2.36. The third-order valence-electron chi connectivity index (χ3n) is 3.18. The van der Waals surface area contributed by atoms with Crippen molar-refractivity contribution in [1.29, 1.82) is 0 Å². The summed E-state index contributed by atoms with van der Waals surface area (Å²) in [5, 5.41) is 7.39. The molecule has 1 heterocycles. The molecule has 0 aliphatic carbocycles. The molecule has 11 heteroatoms. The van der Waals surface area contributed by atoms with Gasteiger partial charge >= 0.3 is 6.18 Å². The van der Waals surface area contributed by atoms with Gasteiger partial charge in [-0.25, -0.2) is 5.10 Å². The van der Waals surface area contributed by atoms with Crippen molar-refractivity contribution < 1.29 is 22.8 Å². The van der Waals surface area contributed by atoms with Gasteiger partial charge in [0, 0.05) is 18.8 Å². The number of carbonyl (C=O) groups is 2. The zero-order valence-corrected chi connectivity index (χ0v) is 14.0. The van der Waals surface area contributed by atoms with Crippen LogP contribution in [0.3, 0.4) is 0 Å². The minimum atomic E-state index is -4.67. The number of rotatable bonds is 4. The van der Waals surface area contributed by atoms with Crippen LogP contribution in [-0.2, 0) is 11.0 Å². The molecule has 0 fully saturated rings. The average molecular weight is 389 g/mol. The molecule has 0 radical (unpaired) electrons. The molecule has 0 unspecified atom stereocenters. The predicted molar refractivity (Wildman–Crippen MR) is 86.9 cm³/mol. The fraction of sp³-hybridized carbons (Fsp3) is 0.200.